The van der Waals surface area contributed by atoms with Gasteiger partial charge >= 0.3 is 0 Å². The van der Waals surface area contributed by atoms with Gasteiger partial charge in [0.25, 0.3) is 0 Å². The van der Waals surface area contributed by atoms with Crippen LogP contribution in [-0.4, -0.2) is 58.5 Å². The molecule has 1 fully saturated rings. The molecule has 0 aliphatic carbocycles. The maximum atomic E-state index is 5.63. The highest BCUT2D eigenvalue weighted by Gasteiger charge is 2.25. The van der Waals surface area contributed by atoms with Crippen LogP contribution < -0.4 is 20.3 Å². The van der Waals surface area contributed by atoms with Crippen LogP contribution in [0, 0.1) is 5.92 Å². The molecule has 1 aliphatic heterocycles. The highest BCUT2D eigenvalue weighted by molar-refractivity contribution is 14.0. The molecule has 0 radical (unpaired) electrons. The number of nitrogens with zero attached hydrogens (tertiary/aromatic N) is 2. The number of ether oxygens (including phenoxy) is 2. The molecule has 1 unspecified atom stereocenters. The normalized spacial score (nSPS) is 16.8. The van der Waals surface area contributed by atoms with Gasteiger partial charge in [0.1, 0.15) is 5.75 Å². The topological polar surface area (TPSA) is 58.1 Å². The smallest absolute Gasteiger partial charge is 0.191 e. The minimum Gasteiger partial charge on any atom is -0.495 e. The molecule has 7 heteroatoms. The van der Waals surface area contributed by atoms with Gasteiger partial charge < -0.3 is 25.0 Å². The van der Waals surface area contributed by atoms with Gasteiger partial charge in [-0.1, -0.05) is 26.0 Å². The third kappa shape index (κ3) is 8.43. The zero-order chi connectivity index (χ0) is 19.5. The minimum absolute atomic E-state index is 0. The lowest BCUT2D eigenvalue weighted by Gasteiger charge is -2.22. The standard InChI is InChI=1S/C21H36N4O2.HI/c1-5-22-21(23-12-8-14-27-16-17(2)3)24-18-11-13-25(15-18)19-9-6-7-10-20(19)26-4;/h6-7,9-10,17-18H,5,8,11-16H2,1-4H3,(H2,22,23,24);1H. The fourth-order valence-corrected chi connectivity index (χ4v) is 3.18. The number of para-hydroxylation sites is 2. The second kappa shape index (κ2) is 13.9. The van der Waals surface area contributed by atoms with E-state index >= 15 is 0 Å². The van der Waals surface area contributed by atoms with E-state index in [1.807, 2.05) is 12.1 Å². The summed E-state index contributed by atoms with van der Waals surface area (Å²) >= 11 is 0. The van der Waals surface area contributed by atoms with Crippen LogP contribution >= 0.6 is 24.0 Å². The molecule has 1 saturated heterocycles. The zero-order valence-corrected chi connectivity index (χ0v) is 20.1. The first kappa shape index (κ1) is 24.8. The number of anilines is 1. The molecule has 1 heterocycles. The number of rotatable bonds is 10. The molecule has 1 aromatic rings. The van der Waals surface area contributed by atoms with Crippen molar-refractivity contribution in [2.24, 2.45) is 10.9 Å². The number of aliphatic imine (C=N–C) groups is 1. The first-order valence-corrected chi connectivity index (χ1v) is 10.1. The molecule has 1 aliphatic rings. The predicted molar refractivity (Wildman–Crippen MR) is 128 cm³/mol. The molecule has 1 atom stereocenters. The first-order valence-electron chi connectivity index (χ1n) is 10.1. The average molecular weight is 504 g/mol. The lowest BCUT2D eigenvalue weighted by atomic mass is 10.2. The lowest BCUT2D eigenvalue weighted by Crippen LogP contribution is -2.44. The summed E-state index contributed by atoms with van der Waals surface area (Å²) in [5, 5.41) is 6.93. The second-order valence-corrected chi connectivity index (χ2v) is 7.33. The third-order valence-electron chi connectivity index (χ3n) is 4.47. The van der Waals surface area contributed by atoms with Crippen LogP contribution in [0.3, 0.4) is 0 Å². The monoisotopic (exact) mass is 504 g/mol. The highest BCUT2D eigenvalue weighted by Crippen LogP contribution is 2.30. The Morgan fingerprint density at radius 2 is 2.11 bits per heavy atom. The predicted octanol–water partition coefficient (Wildman–Crippen LogP) is 3.51. The summed E-state index contributed by atoms with van der Waals surface area (Å²) in [6.07, 6.45) is 2.03. The van der Waals surface area contributed by atoms with Crippen molar-refractivity contribution in [2.45, 2.75) is 39.7 Å². The van der Waals surface area contributed by atoms with Crippen molar-refractivity contribution >= 4 is 35.6 Å². The Hall–Kier alpha value is -1.22. The van der Waals surface area contributed by atoms with Crippen LogP contribution in [0.15, 0.2) is 29.3 Å². The van der Waals surface area contributed by atoms with Crippen molar-refractivity contribution in [3.05, 3.63) is 24.3 Å². The largest absolute Gasteiger partial charge is 0.495 e. The van der Waals surface area contributed by atoms with E-state index in [2.05, 4.69) is 48.4 Å². The molecule has 0 bridgehead atoms. The first-order chi connectivity index (χ1) is 13.1. The average Bonchev–Trinajstić information content (AvgIpc) is 3.12. The SMILES string of the molecule is CCNC(=NCCCOCC(C)C)NC1CCN(c2ccccc2OC)C1.I. The van der Waals surface area contributed by atoms with E-state index in [0.717, 1.165) is 69.6 Å². The summed E-state index contributed by atoms with van der Waals surface area (Å²) < 4.78 is 11.1. The summed E-state index contributed by atoms with van der Waals surface area (Å²) in [5.74, 6) is 2.41. The van der Waals surface area contributed by atoms with Crippen molar-refractivity contribution in [3.8, 4) is 5.75 Å². The molecular formula is C21H37IN4O2. The summed E-state index contributed by atoms with van der Waals surface area (Å²) in [7, 11) is 1.73. The molecule has 0 saturated carbocycles. The van der Waals surface area contributed by atoms with Gasteiger partial charge in [-0.05, 0) is 37.8 Å². The quantitative estimate of drug-likeness (QED) is 0.221. The van der Waals surface area contributed by atoms with E-state index in [-0.39, 0.29) is 24.0 Å². The van der Waals surface area contributed by atoms with E-state index in [4.69, 9.17) is 14.5 Å². The maximum Gasteiger partial charge on any atom is 0.191 e. The Labute approximate surface area is 187 Å². The molecule has 2 N–H and O–H groups in total. The second-order valence-electron chi connectivity index (χ2n) is 7.33. The Morgan fingerprint density at radius 3 is 2.82 bits per heavy atom. The number of hydrogen-bond donors (Lipinski definition) is 2. The van der Waals surface area contributed by atoms with Gasteiger partial charge in [-0.25, -0.2) is 0 Å². The molecule has 0 spiro atoms. The third-order valence-corrected chi connectivity index (χ3v) is 4.47. The number of nitrogens with one attached hydrogen (secondary N) is 2. The van der Waals surface area contributed by atoms with E-state index in [9.17, 15) is 0 Å². The van der Waals surface area contributed by atoms with E-state index < -0.39 is 0 Å². The van der Waals surface area contributed by atoms with Crippen LogP contribution in [0.1, 0.15) is 33.6 Å². The van der Waals surface area contributed by atoms with Crippen molar-refractivity contribution in [1.29, 1.82) is 0 Å². The molecule has 160 valence electrons. The Kier molecular flexibility index (Phi) is 12.3. The summed E-state index contributed by atoms with van der Waals surface area (Å²) in [6.45, 7) is 11.6. The number of halogens is 1. The zero-order valence-electron chi connectivity index (χ0n) is 17.7. The Bertz CT molecular complexity index is 583. The molecule has 2 rings (SSSR count). The van der Waals surface area contributed by atoms with Crippen molar-refractivity contribution < 1.29 is 9.47 Å². The molecule has 1 aromatic carbocycles. The van der Waals surface area contributed by atoms with Gasteiger partial charge in [0.2, 0.25) is 0 Å². The fraction of sp³-hybridized carbons (Fsp3) is 0.667. The molecule has 6 nitrogen and oxygen atoms in total. The molecule has 28 heavy (non-hydrogen) atoms. The van der Waals surface area contributed by atoms with Crippen LogP contribution in [-0.2, 0) is 4.74 Å². The number of benzene rings is 1. The van der Waals surface area contributed by atoms with Crippen molar-refractivity contribution in [2.75, 3.05) is 51.4 Å². The van der Waals surface area contributed by atoms with Gasteiger partial charge in [-0.15, -0.1) is 24.0 Å². The fourth-order valence-electron chi connectivity index (χ4n) is 3.18. The molecule has 0 aromatic heterocycles. The molecular weight excluding hydrogens is 467 g/mol. The van der Waals surface area contributed by atoms with E-state index in [1.165, 1.54) is 0 Å². The van der Waals surface area contributed by atoms with Crippen LogP contribution in [0.2, 0.25) is 0 Å². The summed E-state index contributed by atoms with van der Waals surface area (Å²) in [4.78, 5) is 7.07. The van der Waals surface area contributed by atoms with Gasteiger partial charge in [0.05, 0.1) is 12.8 Å². The highest BCUT2D eigenvalue weighted by atomic mass is 127. The van der Waals surface area contributed by atoms with Crippen molar-refractivity contribution in [1.82, 2.24) is 10.6 Å². The molecule has 0 amide bonds. The summed E-state index contributed by atoms with van der Waals surface area (Å²) in [5.41, 5.74) is 1.16. The lowest BCUT2D eigenvalue weighted by molar-refractivity contribution is 0.109. The van der Waals surface area contributed by atoms with E-state index in [0.29, 0.717) is 12.0 Å². The maximum absolute atomic E-state index is 5.63. The van der Waals surface area contributed by atoms with Gasteiger partial charge in [-0.3, -0.25) is 4.99 Å². The van der Waals surface area contributed by atoms with Gasteiger partial charge in [0, 0.05) is 45.4 Å². The Morgan fingerprint density at radius 1 is 1.32 bits per heavy atom. The van der Waals surface area contributed by atoms with Gasteiger partial charge in [-0.2, -0.15) is 0 Å². The number of methoxy groups -OCH3 is 1. The van der Waals surface area contributed by atoms with Crippen LogP contribution in [0.5, 0.6) is 5.75 Å². The van der Waals surface area contributed by atoms with Crippen LogP contribution in [0.4, 0.5) is 5.69 Å². The van der Waals surface area contributed by atoms with Crippen molar-refractivity contribution in [3.63, 3.8) is 0 Å². The summed E-state index contributed by atoms with van der Waals surface area (Å²) in [6, 6.07) is 8.59. The van der Waals surface area contributed by atoms with Gasteiger partial charge in [0.15, 0.2) is 5.96 Å². The number of hydrogen-bond acceptors (Lipinski definition) is 4. The van der Waals surface area contributed by atoms with E-state index in [1.54, 1.807) is 7.11 Å². The van der Waals surface area contributed by atoms with Crippen LogP contribution in [0.25, 0.3) is 0 Å². The number of guanidine groups is 1. The minimum atomic E-state index is 0. The Balaban J connectivity index is 0.00000392.